The Kier molecular flexibility index (Phi) is 8.18. The summed E-state index contributed by atoms with van der Waals surface area (Å²) in [6, 6.07) is 6.34. The second-order valence-corrected chi connectivity index (χ2v) is 10.3. The van der Waals surface area contributed by atoms with Crippen LogP contribution in [-0.4, -0.2) is 48.7 Å². The van der Waals surface area contributed by atoms with E-state index < -0.39 is 0 Å². The van der Waals surface area contributed by atoms with Crippen LogP contribution in [0.5, 0.6) is 0 Å². The van der Waals surface area contributed by atoms with Crippen LogP contribution in [0.25, 0.3) is 10.9 Å². The SMILES string of the molecule is CCOC(=O)Cn1nnnc1C(C(C)C)N(Cc1cc2c(C)cc(C)cc2[nH]c1=O)C1CCCCC1. The molecular formula is C27H38N6O3. The number of hydrogen-bond acceptors (Lipinski definition) is 7. The predicted molar refractivity (Wildman–Crippen MR) is 138 cm³/mol. The normalized spacial score (nSPS) is 15.6. The van der Waals surface area contributed by atoms with E-state index in [0.717, 1.165) is 53.3 Å². The molecule has 2 heterocycles. The third-order valence-corrected chi connectivity index (χ3v) is 7.18. The van der Waals surface area contributed by atoms with Crippen molar-refractivity contribution in [2.75, 3.05) is 6.61 Å². The molecule has 0 amide bonds. The fourth-order valence-corrected chi connectivity index (χ4v) is 5.59. The van der Waals surface area contributed by atoms with Crippen LogP contribution in [0, 0.1) is 19.8 Å². The number of hydrogen-bond donors (Lipinski definition) is 1. The number of nitrogens with one attached hydrogen (secondary N) is 1. The molecule has 1 aliphatic carbocycles. The van der Waals surface area contributed by atoms with Crippen molar-refractivity contribution >= 4 is 16.9 Å². The van der Waals surface area contributed by atoms with Crippen molar-refractivity contribution in [3.05, 3.63) is 51.1 Å². The lowest BCUT2D eigenvalue weighted by atomic mass is 9.90. The summed E-state index contributed by atoms with van der Waals surface area (Å²) < 4.78 is 6.70. The summed E-state index contributed by atoms with van der Waals surface area (Å²) in [4.78, 5) is 31.0. The first kappa shape index (κ1) is 26.0. The average Bonchev–Trinajstić information content (AvgIpc) is 3.27. The fourth-order valence-electron chi connectivity index (χ4n) is 5.59. The molecule has 3 aromatic rings. The van der Waals surface area contributed by atoms with E-state index in [1.807, 2.05) is 19.1 Å². The molecule has 194 valence electrons. The molecule has 0 spiro atoms. The number of aromatic nitrogens is 5. The number of carbonyl (C=O) groups is 1. The molecule has 1 saturated carbocycles. The second kappa shape index (κ2) is 11.3. The molecule has 1 N–H and O–H groups in total. The Balaban J connectivity index is 1.75. The van der Waals surface area contributed by atoms with Crippen molar-refractivity contribution in [3.63, 3.8) is 0 Å². The Bertz CT molecular complexity index is 1260. The standard InChI is InChI=1S/C27H38N6O3/c1-6-36-24(34)16-33-26(29-30-31-33)25(17(2)3)32(21-10-8-7-9-11-21)15-20-14-22-19(5)12-18(4)13-23(22)28-27(20)35/h12-14,17,21,25H,6-11,15-16H2,1-5H3,(H,28,35). The number of esters is 1. The largest absolute Gasteiger partial charge is 0.465 e. The van der Waals surface area contributed by atoms with E-state index >= 15 is 0 Å². The monoisotopic (exact) mass is 494 g/mol. The molecule has 0 radical (unpaired) electrons. The maximum Gasteiger partial charge on any atom is 0.327 e. The van der Waals surface area contributed by atoms with Gasteiger partial charge < -0.3 is 9.72 Å². The Morgan fingerprint density at radius 2 is 1.94 bits per heavy atom. The predicted octanol–water partition coefficient (Wildman–Crippen LogP) is 4.23. The number of rotatable bonds is 9. The molecule has 9 nitrogen and oxygen atoms in total. The second-order valence-electron chi connectivity index (χ2n) is 10.3. The number of H-pyrrole nitrogens is 1. The lowest BCUT2D eigenvalue weighted by molar-refractivity contribution is -0.144. The van der Waals surface area contributed by atoms with E-state index in [4.69, 9.17) is 4.74 Å². The number of ether oxygens (including phenoxy) is 1. The van der Waals surface area contributed by atoms with Crippen LogP contribution in [0.1, 0.15) is 81.4 Å². The minimum absolute atomic E-state index is 0.0347. The van der Waals surface area contributed by atoms with E-state index in [9.17, 15) is 9.59 Å². The lowest BCUT2D eigenvalue weighted by Gasteiger charge is -2.41. The number of nitrogens with zero attached hydrogens (tertiary/aromatic N) is 5. The van der Waals surface area contributed by atoms with Gasteiger partial charge in [-0.15, -0.1) is 5.10 Å². The molecule has 1 aliphatic rings. The molecule has 0 saturated heterocycles. The Morgan fingerprint density at radius 1 is 1.19 bits per heavy atom. The molecule has 4 rings (SSSR count). The third-order valence-electron chi connectivity index (χ3n) is 7.18. The lowest BCUT2D eigenvalue weighted by Crippen LogP contribution is -2.43. The van der Waals surface area contributed by atoms with Crippen LogP contribution in [0.3, 0.4) is 0 Å². The van der Waals surface area contributed by atoms with Gasteiger partial charge in [-0.05, 0) is 73.2 Å². The molecule has 36 heavy (non-hydrogen) atoms. The van der Waals surface area contributed by atoms with E-state index in [-0.39, 0.29) is 30.0 Å². The van der Waals surface area contributed by atoms with Gasteiger partial charge in [0.2, 0.25) is 0 Å². The highest BCUT2D eigenvalue weighted by Crippen LogP contribution is 2.35. The number of aromatic amines is 1. The highest BCUT2D eigenvalue weighted by molar-refractivity contribution is 5.83. The number of aryl methyl sites for hydroxylation is 2. The van der Waals surface area contributed by atoms with Gasteiger partial charge in [-0.2, -0.15) is 0 Å². The number of benzene rings is 1. The van der Waals surface area contributed by atoms with Gasteiger partial charge >= 0.3 is 5.97 Å². The van der Waals surface area contributed by atoms with Crippen molar-refractivity contribution in [1.82, 2.24) is 30.1 Å². The zero-order valence-corrected chi connectivity index (χ0v) is 22.1. The van der Waals surface area contributed by atoms with Crippen molar-refractivity contribution in [2.45, 2.75) is 91.9 Å². The van der Waals surface area contributed by atoms with Crippen LogP contribution in [0.15, 0.2) is 23.0 Å². The molecule has 1 atom stereocenters. The van der Waals surface area contributed by atoms with E-state index in [0.29, 0.717) is 25.0 Å². The van der Waals surface area contributed by atoms with Gasteiger partial charge in [0.1, 0.15) is 6.54 Å². The van der Waals surface area contributed by atoms with Gasteiger partial charge in [-0.3, -0.25) is 14.5 Å². The zero-order chi connectivity index (χ0) is 25.8. The number of pyridine rings is 1. The van der Waals surface area contributed by atoms with Gasteiger partial charge in [-0.1, -0.05) is 39.2 Å². The van der Waals surface area contributed by atoms with Crippen LogP contribution in [0.2, 0.25) is 0 Å². The van der Waals surface area contributed by atoms with Crippen molar-refractivity contribution in [2.24, 2.45) is 5.92 Å². The third kappa shape index (κ3) is 5.67. The maximum absolute atomic E-state index is 13.2. The highest BCUT2D eigenvalue weighted by atomic mass is 16.5. The number of carbonyl (C=O) groups excluding carboxylic acids is 1. The van der Waals surface area contributed by atoms with Crippen LogP contribution >= 0.6 is 0 Å². The van der Waals surface area contributed by atoms with E-state index in [1.165, 1.54) is 6.42 Å². The summed E-state index contributed by atoms with van der Waals surface area (Å²) >= 11 is 0. The molecule has 1 aromatic carbocycles. The average molecular weight is 495 g/mol. The van der Waals surface area contributed by atoms with Crippen molar-refractivity contribution in [1.29, 1.82) is 0 Å². The van der Waals surface area contributed by atoms with Crippen LogP contribution in [-0.2, 0) is 22.6 Å². The number of tetrazole rings is 1. The number of fused-ring (bicyclic) bond motifs is 1. The molecule has 1 unspecified atom stereocenters. The van der Waals surface area contributed by atoms with Crippen LogP contribution < -0.4 is 5.56 Å². The topological polar surface area (TPSA) is 106 Å². The Labute approximate surface area is 212 Å². The van der Waals surface area contributed by atoms with Gasteiger partial charge in [-0.25, -0.2) is 4.68 Å². The summed E-state index contributed by atoms with van der Waals surface area (Å²) in [6.07, 6.45) is 5.67. The molecule has 9 heteroatoms. The van der Waals surface area contributed by atoms with Crippen molar-refractivity contribution < 1.29 is 9.53 Å². The van der Waals surface area contributed by atoms with E-state index in [1.54, 1.807) is 11.6 Å². The molecule has 0 bridgehead atoms. The van der Waals surface area contributed by atoms with Crippen molar-refractivity contribution in [3.8, 4) is 0 Å². The first-order chi connectivity index (χ1) is 17.3. The molecule has 0 aliphatic heterocycles. The summed E-state index contributed by atoms with van der Waals surface area (Å²) in [5, 5.41) is 13.5. The summed E-state index contributed by atoms with van der Waals surface area (Å²) in [7, 11) is 0. The Morgan fingerprint density at radius 3 is 2.64 bits per heavy atom. The van der Waals surface area contributed by atoms with Gasteiger partial charge in [0, 0.05) is 29.1 Å². The Hall–Kier alpha value is -3.07. The minimum Gasteiger partial charge on any atom is -0.465 e. The quantitative estimate of drug-likeness (QED) is 0.444. The summed E-state index contributed by atoms with van der Waals surface area (Å²) in [5.41, 5.74) is 3.80. The fraction of sp³-hybridized carbons (Fsp3) is 0.593. The smallest absolute Gasteiger partial charge is 0.327 e. The molecular weight excluding hydrogens is 456 g/mol. The minimum atomic E-state index is -0.366. The van der Waals surface area contributed by atoms with Gasteiger partial charge in [0.05, 0.1) is 12.6 Å². The van der Waals surface area contributed by atoms with Crippen LogP contribution in [0.4, 0.5) is 0 Å². The maximum atomic E-state index is 13.2. The van der Waals surface area contributed by atoms with Gasteiger partial charge in [0.15, 0.2) is 5.82 Å². The summed E-state index contributed by atoms with van der Waals surface area (Å²) in [6.45, 7) is 10.9. The first-order valence-corrected chi connectivity index (χ1v) is 13.1. The molecule has 1 fully saturated rings. The molecule has 2 aromatic heterocycles. The summed E-state index contributed by atoms with van der Waals surface area (Å²) in [5.74, 6) is 0.421. The van der Waals surface area contributed by atoms with E-state index in [2.05, 4.69) is 52.2 Å². The van der Waals surface area contributed by atoms with Gasteiger partial charge in [0.25, 0.3) is 5.56 Å². The first-order valence-electron chi connectivity index (χ1n) is 13.1. The zero-order valence-electron chi connectivity index (χ0n) is 22.1. The highest BCUT2D eigenvalue weighted by Gasteiger charge is 2.35.